The van der Waals surface area contributed by atoms with Crippen molar-refractivity contribution in [2.24, 2.45) is 23.7 Å². The second-order valence-electron chi connectivity index (χ2n) is 9.53. The van der Waals surface area contributed by atoms with Crippen LogP contribution in [-0.2, 0) is 4.79 Å². The molecule has 0 unspecified atom stereocenters. The SMILES string of the molecule is O=C(NCC[C@@H]1C[C@@H]2C=C[C@H]1C2)c1ccc(OC2CCN(C(=O)C3CC3)CC2)cc1. The van der Waals surface area contributed by atoms with E-state index >= 15 is 0 Å². The molecule has 1 heterocycles. The van der Waals surface area contributed by atoms with Crippen LogP contribution in [0.4, 0.5) is 0 Å². The number of benzene rings is 1. The van der Waals surface area contributed by atoms with Gasteiger partial charge in [0.05, 0.1) is 0 Å². The van der Waals surface area contributed by atoms with Crippen LogP contribution in [0.5, 0.6) is 5.75 Å². The lowest BCUT2D eigenvalue weighted by Crippen LogP contribution is -2.42. The zero-order valence-corrected chi connectivity index (χ0v) is 17.6. The van der Waals surface area contributed by atoms with Crippen molar-refractivity contribution in [1.29, 1.82) is 0 Å². The van der Waals surface area contributed by atoms with E-state index in [1.807, 2.05) is 29.2 Å². The number of piperidine rings is 1. The molecule has 1 N–H and O–H groups in total. The summed E-state index contributed by atoms with van der Waals surface area (Å²) >= 11 is 0. The normalized spacial score (nSPS) is 28.0. The predicted molar refractivity (Wildman–Crippen MR) is 115 cm³/mol. The Morgan fingerprint density at radius 3 is 2.40 bits per heavy atom. The van der Waals surface area contributed by atoms with Crippen LogP contribution in [0.15, 0.2) is 36.4 Å². The highest BCUT2D eigenvalue weighted by Crippen LogP contribution is 2.44. The molecule has 2 saturated carbocycles. The minimum absolute atomic E-state index is 0.00727. The molecule has 2 bridgehead atoms. The first-order valence-corrected chi connectivity index (χ1v) is 11.7. The number of allylic oxidation sites excluding steroid dienone is 2. The van der Waals surface area contributed by atoms with E-state index in [4.69, 9.17) is 4.74 Å². The number of hydrogen-bond donors (Lipinski definition) is 1. The third kappa shape index (κ3) is 4.40. The van der Waals surface area contributed by atoms with Gasteiger partial charge in [0.15, 0.2) is 0 Å². The van der Waals surface area contributed by atoms with Crippen molar-refractivity contribution >= 4 is 11.8 Å². The quantitative estimate of drug-likeness (QED) is 0.698. The lowest BCUT2D eigenvalue weighted by atomic mass is 9.90. The van der Waals surface area contributed by atoms with Crippen molar-refractivity contribution in [3.63, 3.8) is 0 Å². The topological polar surface area (TPSA) is 58.6 Å². The maximum atomic E-state index is 12.4. The lowest BCUT2D eigenvalue weighted by Gasteiger charge is -2.32. The van der Waals surface area contributed by atoms with E-state index < -0.39 is 0 Å². The summed E-state index contributed by atoms with van der Waals surface area (Å²) in [4.78, 5) is 26.6. The summed E-state index contributed by atoms with van der Waals surface area (Å²) in [6.45, 7) is 2.33. The first-order chi connectivity index (χ1) is 14.7. The fraction of sp³-hybridized carbons (Fsp3) is 0.600. The minimum atomic E-state index is -0.00727. The summed E-state index contributed by atoms with van der Waals surface area (Å²) in [5, 5.41) is 3.07. The molecule has 3 atom stereocenters. The Labute approximate surface area is 178 Å². The first kappa shape index (κ1) is 19.7. The van der Waals surface area contributed by atoms with Gasteiger partial charge in [-0.1, -0.05) is 12.2 Å². The molecule has 30 heavy (non-hydrogen) atoms. The Morgan fingerprint density at radius 1 is 1.00 bits per heavy atom. The van der Waals surface area contributed by atoms with Crippen LogP contribution in [0.25, 0.3) is 0 Å². The van der Waals surface area contributed by atoms with Gasteiger partial charge < -0.3 is 15.0 Å². The Kier molecular flexibility index (Phi) is 5.53. The largest absolute Gasteiger partial charge is 0.490 e. The molecule has 2 amide bonds. The highest BCUT2D eigenvalue weighted by Gasteiger charge is 2.36. The van der Waals surface area contributed by atoms with Gasteiger partial charge in [-0.15, -0.1) is 0 Å². The molecule has 160 valence electrons. The van der Waals surface area contributed by atoms with Crippen LogP contribution in [-0.4, -0.2) is 42.5 Å². The van der Waals surface area contributed by atoms with E-state index in [1.54, 1.807) is 0 Å². The molecule has 1 aliphatic heterocycles. The van der Waals surface area contributed by atoms with Crippen LogP contribution in [0.2, 0.25) is 0 Å². The number of rotatable bonds is 7. The molecular formula is C25H32N2O3. The number of carbonyl (C=O) groups excluding carboxylic acids is 2. The highest BCUT2D eigenvalue weighted by atomic mass is 16.5. The standard InChI is InChI=1S/C25H32N2O3/c28-24(26-12-9-21-16-17-1-2-20(21)15-17)18-5-7-22(8-6-18)30-23-10-13-27(14-11-23)25(29)19-3-4-19/h1-2,5-8,17,19-21,23H,3-4,9-16H2,(H,26,28)/t17-,20+,21-/m1/s1. The van der Waals surface area contributed by atoms with Gasteiger partial charge in [0.2, 0.25) is 5.91 Å². The van der Waals surface area contributed by atoms with Crippen LogP contribution in [0, 0.1) is 23.7 Å². The van der Waals surface area contributed by atoms with Crippen LogP contribution in [0.1, 0.15) is 55.3 Å². The van der Waals surface area contributed by atoms with Gasteiger partial charge in [-0.25, -0.2) is 0 Å². The number of fused-ring (bicyclic) bond motifs is 2. The molecule has 5 nitrogen and oxygen atoms in total. The van der Waals surface area contributed by atoms with Crippen LogP contribution in [0.3, 0.4) is 0 Å². The Morgan fingerprint density at radius 2 is 1.77 bits per heavy atom. The summed E-state index contributed by atoms with van der Waals surface area (Å²) < 4.78 is 6.10. The monoisotopic (exact) mass is 408 g/mol. The maximum Gasteiger partial charge on any atom is 0.251 e. The van der Waals surface area contributed by atoms with Crippen molar-refractivity contribution in [1.82, 2.24) is 10.2 Å². The van der Waals surface area contributed by atoms with E-state index in [1.165, 1.54) is 12.8 Å². The molecule has 3 fully saturated rings. The number of hydrogen-bond acceptors (Lipinski definition) is 3. The van der Waals surface area contributed by atoms with Crippen molar-refractivity contribution in [2.75, 3.05) is 19.6 Å². The maximum absolute atomic E-state index is 12.4. The van der Waals surface area contributed by atoms with E-state index in [0.717, 1.165) is 75.2 Å². The van der Waals surface area contributed by atoms with E-state index in [0.29, 0.717) is 17.4 Å². The Hall–Kier alpha value is -2.30. The highest BCUT2D eigenvalue weighted by molar-refractivity contribution is 5.94. The number of nitrogens with zero attached hydrogens (tertiary/aromatic N) is 1. The molecular weight excluding hydrogens is 376 g/mol. The molecule has 5 heteroatoms. The zero-order valence-electron chi connectivity index (χ0n) is 17.6. The molecule has 3 aliphatic carbocycles. The third-order valence-corrected chi connectivity index (χ3v) is 7.32. The molecule has 1 saturated heterocycles. The van der Waals surface area contributed by atoms with Gasteiger partial charge in [0, 0.05) is 44.0 Å². The number of likely N-dealkylation sites (tertiary alicyclic amines) is 1. The summed E-state index contributed by atoms with van der Waals surface area (Å²) in [7, 11) is 0. The molecule has 4 aliphatic rings. The minimum Gasteiger partial charge on any atom is -0.490 e. The summed E-state index contributed by atoms with van der Waals surface area (Å²) in [6.07, 6.45) is 12.4. The fourth-order valence-electron chi connectivity index (χ4n) is 5.36. The molecule has 1 aromatic rings. The van der Waals surface area contributed by atoms with E-state index in [-0.39, 0.29) is 12.0 Å². The van der Waals surface area contributed by atoms with Gasteiger partial charge in [-0.3, -0.25) is 9.59 Å². The second kappa shape index (κ2) is 8.44. The molecule has 0 aromatic heterocycles. The third-order valence-electron chi connectivity index (χ3n) is 7.32. The number of carbonyl (C=O) groups is 2. The molecule has 0 spiro atoms. The smallest absolute Gasteiger partial charge is 0.251 e. The van der Waals surface area contributed by atoms with Crippen LogP contribution >= 0.6 is 0 Å². The van der Waals surface area contributed by atoms with Gasteiger partial charge >= 0.3 is 0 Å². The van der Waals surface area contributed by atoms with Crippen molar-refractivity contribution in [3.8, 4) is 5.75 Å². The van der Waals surface area contributed by atoms with E-state index in [2.05, 4.69) is 17.5 Å². The van der Waals surface area contributed by atoms with Crippen molar-refractivity contribution in [2.45, 2.75) is 51.0 Å². The fourth-order valence-corrected chi connectivity index (χ4v) is 5.36. The first-order valence-electron chi connectivity index (χ1n) is 11.7. The number of nitrogens with one attached hydrogen (secondary N) is 1. The predicted octanol–water partition coefficient (Wildman–Crippen LogP) is 3.80. The van der Waals surface area contributed by atoms with Gasteiger partial charge in [0.1, 0.15) is 11.9 Å². The van der Waals surface area contributed by atoms with Gasteiger partial charge in [0.25, 0.3) is 5.91 Å². The summed E-state index contributed by atoms with van der Waals surface area (Å²) in [5.74, 6) is 3.68. The Bertz CT molecular complexity index is 806. The molecule has 5 rings (SSSR count). The molecule has 1 aromatic carbocycles. The number of ether oxygens (including phenoxy) is 1. The summed E-state index contributed by atoms with van der Waals surface area (Å²) in [5.41, 5.74) is 0.681. The van der Waals surface area contributed by atoms with Gasteiger partial charge in [-0.05, 0) is 74.1 Å². The van der Waals surface area contributed by atoms with E-state index in [9.17, 15) is 9.59 Å². The molecule has 0 radical (unpaired) electrons. The number of amides is 2. The average Bonchev–Trinajstić information content (AvgIpc) is 3.42. The van der Waals surface area contributed by atoms with Crippen molar-refractivity contribution in [3.05, 3.63) is 42.0 Å². The van der Waals surface area contributed by atoms with Crippen molar-refractivity contribution < 1.29 is 14.3 Å². The second-order valence-corrected chi connectivity index (χ2v) is 9.53. The zero-order chi connectivity index (χ0) is 20.5. The van der Waals surface area contributed by atoms with Crippen LogP contribution < -0.4 is 10.1 Å². The Balaban J connectivity index is 1.04. The lowest BCUT2D eigenvalue weighted by molar-refractivity contribution is -0.134. The average molecular weight is 409 g/mol. The van der Waals surface area contributed by atoms with Gasteiger partial charge in [-0.2, -0.15) is 0 Å². The summed E-state index contributed by atoms with van der Waals surface area (Å²) in [6, 6.07) is 7.46.